The van der Waals surface area contributed by atoms with E-state index in [-0.39, 0.29) is 5.91 Å². The number of carboxylic acids is 1. The van der Waals surface area contributed by atoms with E-state index in [9.17, 15) is 14.7 Å². The summed E-state index contributed by atoms with van der Waals surface area (Å²) in [4.78, 5) is 25.2. The first-order chi connectivity index (χ1) is 8.50. The van der Waals surface area contributed by atoms with Gasteiger partial charge in [0.2, 0.25) is 0 Å². The molecule has 1 unspecified atom stereocenters. The van der Waals surface area contributed by atoms with Crippen LogP contribution in [0.5, 0.6) is 0 Å². The molecule has 1 atom stereocenters. The molecule has 1 amide bonds. The number of nitrogens with zero attached hydrogens (tertiary/aromatic N) is 2. The molecule has 1 aliphatic rings. The smallest absolute Gasteiger partial charge is 0.311 e. The minimum atomic E-state index is -0.799. The Morgan fingerprint density at radius 2 is 2.22 bits per heavy atom. The Morgan fingerprint density at radius 3 is 2.67 bits per heavy atom. The van der Waals surface area contributed by atoms with Gasteiger partial charge in [-0.2, -0.15) is 0 Å². The number of amides is 1. The highest BCUT2D eigenvalue weighted by Crippen LogP contribution is 2.34. The van der Waals surface area contributed by atoms with Crippen LogP contribution in [0.3, 0.4) is 0 Å². The molecule has 1 aromatic rings. The highest BCUT2D eigenvalue weighted by molar-refractivity contribution is 5.93. The normalized spacial score (nSPS) is 23.3. The monoisotopic (exact) mass is 250 g/mol. The molecule has 98 valence electrons. The van der Waals surface area contributed by atoms with Crippen molar-refractivity contribution < 1.29 is 14.7 Å². The quantitative estimate of drug-likeness (QED) is 0.880. The number of carbonyl (C=O) groups is 2. The van der Waals surface area contributed by atoms with Gasteiger partial charge in [-0.05, 0) is 25.0 Å². The topological polar surface area (TPSA) is 62.5 Å². The van der Waals surface area contributed by atoms with E-state index in [4.69, 9.17) is 0 Å². The Hall–Kier alpha value is -1.78. The van der Waals surface area contributed by atoms with Crippen molar-refractivity contribution in [3.8, 4) is 0 Å². The molecule has 2 heterocycles. The number of carboxylic acid groups (broad SMARTS) is 1. The second-order valence-corrected chi connectivity index (χ2v) is 4.92. The highest BCUT2D eigenvalue weighted by atomic mass is 16.4. The largest absolute Gasteiger partial charge is 0.481 e. The SMILES string of the molecule is CCC1(C(=O)O)CCN(C(=O)c2cccn2C)C1. The number of carbonyl (C=O) groups excluding carboxylic acids is 1. The number of rotatable bonds is 3. The van der Waals surface area contributed by atoms with Gasteiger partial charge in [0.15, 0.2) is 0 Å². The summed E-state index contributed by atoms with van der Waals surface area (Å²) >= 11 is 0. The Kier molecular flexibility index (Phi) is 3.15. The van der Waals surface area contributed by atoms with Crippen molar-refractivity contribution >= 4 is 11.9 Å². The fourth-order valence-electron chi connectivity index (χ4n) is 2.51. The summed E-state index contributed by atoms with van der Waals surface area (Å²) in [6, 6.07) is 3.57. The van der Waals surface area contributed by atoms with Crippen molar-refractivity contribution in [2.75, 3.05) is 13.1 Å². The first kappa shape index (κ1) is 12.7. The zero-order chi connectivity index (χ0) is 13.3. The summed E-state index contributed by atoms with van der Waals surface area (Å²) in [5.41, 5.74) is -0.159. The minimum absolute atomic E-state index is 0.0842. The van der Waals surface area contributed by atoms with Gasteiger partial charge in [0.05, 0.1) is 5.41 Å². The Balaban J connectivity index is 2.17. The Bertz CT molecular complexity index is 480. The summed E-state index contributed by atoms with van der Waals surface area (Å²) in [7, 11) is 1.81. The molecule has 1 N–H and O–H groups in total. The highest BCUT2D eigenvalue weighted by Gasteiger charge is 2.45. The van der Waals surface area contributed by atoms with Crippen molar-refractivity contribution in [1.29, 1.82) is 0 Å². The lowest BCUT2D eigenvalue weighted by atomic mass is 9.84. The fourth-order valence-corrected chi connectivity index (χ4v) is 2.51. The lowest BCUT2D eigenvalue weighted by molar-refractivity contribution is -0.148. The Morgan fingerprint density at radius 1 is 1.50 bits per heavy atom. The molecule has 0 bridgehead atoms. The van der Waals surface area contributed by atoms with Gasteiger partial charge >= 0.3 is 5.97 Å². The van der Waals surface area contributed by atoms with Gasteiger partial charge in [-0.1, -0.05) is 6.92 Å². The third kappa shape index (κ3) is 1.89. The summed E-state index contributed by atoms with van der Waals surface area (Å²) < 4.78 is 1.76. The lowest BCUT2D eigenvalue weighted by Crippen LogP contribution is -2.37. The molecule has 0 spiro atoms. The molecule has 2 rings (SSSR count). The van der Waals surface area contributed by atoms with Crippen LogP contribution < -0.4 is 0 Å². The predicted molar refractivity (Wildman–Crippen MR) is 66.3 cm³/mol. The van der Waals surface area contributed by atoms with Gasteiger partial charge in [-0.15, -0.1) is 0 Å². The first-order valence-electron chi connectivity index (χ1n) is 6.14. The first-order valence-corrected chi connectivity index (χ1v) is 6.14. The number of aryl methyl sites for hydroxylation is 1. The van der Waals surface area contributed by atoms with E-state index in [0.29, 0.717) is 31.6 Å². The average molecular weight is 250 g/mol. The maximum absolute atomic E-state index is 12.3. The van der Waals surface area contributed by atoms with Crippen molar-refractivity contribution in [1.82, 2.24) is 9.47 Å². The minimum Gasteiger partial charge on any atom is -0.481 e. The van der Waals surface area contributed by atoms with Gasteiger partial charge in [-0.3, -0.25) is 9.59 Å². The molecule has 0 radical (unpaired) electrons. The number of aromatic nitrogens is 1. The molecule has 0 aromatic carbocycles. The third-order valence-electron chi connectivity index (χ3n) is 3.93. The van der Waals surface area contributed by atoms with Gasteiger partial charge < -0.3 is 14.6 Å². The second-order valence-electron chi connectivity index (χ2n) is 4.92. The van der Waals surface area contributed by atoms with Crippen molar-refractivity contribution in [2.24, 2.45) is 12.5 Å². The van der Waals surface area contributed by atoms with Crippen molar-refractivity contribution in [3.63, 3.8) is 0 Å². The molecular weight excluding hydrogens is 232 g/mol. The zero-order valence-electron chi connectivity index (χ0n) is 10.7. The van der Waals surface area contributed by atoms with Crippen LogP contribution in [0.2, 0.25) is 0 Å². The lowest BCUT2D eigenvalue weighted by Gasteiger charge is -2.23. The van der Waals surface area contributed by atoms with Gasteiger partial charge in [-0.25, -0.2) is 0 Å². The fraction of sp³-hybridized carbons (Fsp3) is 0.538. The maximum Gasteiger partial charge on any atom is 0.311 e. The van der Waals surface area contributed by atoms with Crippen molar-refractivity contribution in [3.05, 3.63) is 24.0 Å². The number of hydrogen-bond acceptors (Lipinski definition) is 2. The van der Waals surface area contributed by atoms with Gasteiger partial charge in [0.25, 0.3) is 5.91 Å². The van der Waals surface area contributed by atoms with E-state index in [1.807, 2.05) is 26.2 Å². The molecular formula is C13H18N2O3. The van der Waals surface area contributed by atoms with E-state index >= 15 is 0 Å². The van der Waals surface area contributed by atoms with Crippen LogP contribution in [-0.4, -0.2) is 39.5 Å². The van der Waals surface area contributed by atoms with Crippen LogP contribution >= 0.6 is 0 Å². The van der Waals surface area contributed by atoms with E-state index in [0.717, 1.165) is 0 Å². The molecule has 1 aromatic heterocycles. The summed E-state index contributed by atoms with van der Waals surface area (Å²) in [5.74, 6) is -0.883. The maximum atomic E-state index is 12.3. The average Bonchev–Trinajstić information content (AvgIpc) is 2.95. The van der Waals surface area contributed by atoms with Gasteiger partial charge in [0, 0.05) is 26.3 Å². The summed E-state index contributed by atoms with van der Waals surface area (Å²) in [6.45, 7) is 2.69. The number of hydrogen-bond donors (Lipinski definition) is 1. The molecule has 18 heavy (non-hydrogen) atoms. The summed E-state index contributed by atoms with van der Waals surface area (Å²) in [5, 5.41) is 9.31. The van der Waals surface area contributed by atoms with Crippen LogP contribution in [-0.2, 0) is 11.8 Å². The molecule has 1 aliphatic heterocycles. The zero-order valence-corrected chi connectivity index (χ0v) is 10.7. The van der Waals surface area contributed by atoms with E-state index < -0.39 is 11.4 Å². The van der Waals surface area contributed by atoms with Gasteiger partial charge in [0.1, 0.15) is 5.69 Å². The number of aliphatic carboxylic acids is 1. The number of likely N-dealkylation sites (tertiary alicyclic amines) is 1. The second kappa shape index (κ2) is 4.48. The van der Waals surface area contributed by atoms with E-state index in [2.05, 4.69) is 0 Å². The molecule has 0 aliphatic carbocycles. The van der Waals surface area contributed by atoms with Crippen LogP contribution in [0.15, 0.2) is 18.3 Å². The van der Waals surface area contributed by atoms with Crippen LogP contribution in [0.1, 0.15) is 30.3 Å². The van der Waals surface area contributed by atoms with Crippen LogP contribution in [0, 0.1) is 5.41 Å². The van der Waals surface area contributed by atoms with Crippen LogP contribution in [0.25, 0.3) is 0 Å². The van der Waals surface area contributed by atoms with Crippen LogP contribution in [0.4, 0.5) is 0 Å². The molecule has 1 fully saturated rings. The summed E-state index contributed by atoms with van der Waals surface area (Å²) in [6.07, 6.45) is 2.90. The predicted octanol–water partition coefficient (Wildman–Crippen LogP) is 1.35. The molecule has 5 nitrogen and oxygen atoms in total. The standard InChI is InChI=1S/C13H18N2O3/c1-3-13(12(17)18)6-8-15(9-13)11(16)10-5-4-7-14(10)2/h4-5,7H,3,6,8-9H2,1-2H3,(H,17,18). The van der Waals surface area contributed by atoms with E-state index in [1.165, 1.54) is 0 Å². The third-order valence-corrected chi connectivity index (χ3v) is 3.93. The molecule has 0 saturated carbocycles. The van der Waals surface area contributed by atoms with Crippen molar-refractivity contribution in [2.45, 2.75) is 19.8 Å². The van der Waals surface area contributed by atoms with E-state index in [1.54, 1.807) is 15.5 Å². The Labute approximate surface area is 106 Å². The molecule has 1 saturated heterocycles. The molecule has 5 heteroatoms.